The van der Waals surface area contributed by atoms with Crippen LogP contribution in [0.4, 0.5) is 5.69 Å². The van der Waals surface area contributed by atoms with E-state index in [-0.39, 0.29) is 5.91 Å². The van der Waals surface area contributed by atoms with Gasteiger partial charge in [0, 0.05) is 3.57 Å². The summed E-state index contributed by atoms with van der Waals surface area (Å²) in [4.78, 5) is 12.8. The molecule has 1 aliphatic heterocycles. The Morgan fingerprint density at radius 3 is 2.34 bits per heavy atom. The molecule has 0 radical (unpaired) electrons. The highest BCUT2D eigenvalue weighted by atomic mass is 127. The number of ether oxygens (including phenoxy) is 1. The third-order valence-corrected chi connectivity index (χ3v) is 5.29. The highest BCUT2D eigenvalue weighted by molar-refractivity contribution is 14.1. The van der Waals surface area contributed by atoms with E-state index in [1.165, 1.54) is 8.58 Å². The van der Waals surface area contributed by atoms with Gasteiger partial charge in [0.25, 0.3) is 5.91 Å². The SMILES string of the molecule is CC1=NN(c2ccccc2)C(=O)/C1=C/c1ccc(OCc2ccc(I)cc2)cc1. The second-order valence-corrected chi connectivity index (χ2v) is 7.93. The van der Waals surface area contributed by atoms with E-state index in [1.807, 2.05) is 67.6 Å². The fraction of sp³-hybridized carbons (Fsp3) is 0.0833. The molecule has 0 atom stereocenters. The van der Waals surface area contributed by atoms with Gasteiger partial charge in [-0.3, -0.25) is 4.79 Å². The van der Waals surface area contributed by atoms with Gasteiger partial charge in [0.1, 0.15) is 12.4 Å². The number of para-hydroxylation sites is 1. The lowest BCUT2D eigenvalue weighted by atomic mass is 10.1. The van der Waals surface area contributed by atoms with Crippen molar-refractivity contribution in [3.8, 4) is 5.75 Å². The Bertz CT molecular complexity index is 1070. The highest BCUT2D eigenvalue weighted by Crippen LogP contribution is 2.25. The summed E-state index contributed by atoms with van der Waals surface area (Å²) in [7, 11) is 0. The van der Waals surface area contributed by atoms with E-state index in [0.29, 0.717) is 17.9 Å². The fourth-order valence-corrected chi connectivity index (χ4v) is 3.36. The van der Waals surface area contributed by atoms with Crippen LogP contribution in [0.25, 0.3) is 6.08 Å². The van der Waals surface area contributed by atoms with E-state index in [4.69, 9.17) is 4.74 Å². The van der Waals surface area contributed by atoms with Gasteiger partial charge >= 0.3 is 0 Å². The molecule has 4 rings (SSSR count). The zero-order valence-electron chi connectivity index (χ0n) is 15.9. The molecule has 4 nitrogen and oxygen atoms in total. The number of hydrogen-bond acceptors (Lipinski definition) is 3. The van der Waals surface area contributed by atoms with Crippen molar-refractivity contribution in [3.05, 3.63) is 99.1 Å². The van der Waals surface area contributed by atoms with E-state index in [1.54, 1.807) is 0 Å². The first-order valence-electron chi connectivity index (χ1n) is 9.24. The normalized spacial score (nSPS) is 15.0. The maximum atomic E-state index is 12.8. The number of benzene rings is 3. The molecule has 1 heterocycles. The van der Waals surface area contributed by atoms with Crippen LogP contribution in [-0.2, 0) is 11.4 Å². The third-order valence-electron chi connectivity index (χ3n) is 4.57. The summed E-state index contributed by atoms with van der Waals surface area (Å²) in [5.74, 6) is 0.674. The Hall–Kier alpha value is -2.93. The fourth-order valence-electron chi connectivity index (χ4n) is 3.00. The largest absolute Gasteiger partial charge is 0.489 e. The van der Waals surface area contributed by atoms with Crippen LogP contribution in [0.5, 0.6) is 5.75 Å². The predicted octanol–water partition coefficient (Wildman–Crippen LogP) is 5.68. The molecule has 144 valence electrons. The van der Waals surface area contributed by atoms with E-state index in [0.717, 1.165) is 22.6 Å². The van der Waals surface area contributed by atoms with Gasteiger partial charge < -0.3 is 4.74 Å². The molecule has 0 unspecified atom stereocenters. The smallest absolute Gasteiger partial charge is 0.280 e. The summed E-state index contributed by atoms with van der Waals surface area (Å²) < 4.78 is 7.06. The molecular formula is C24H19IN2O2. The lowest BCUT2D eigenvalue weighted by Gasteiger charge is -2.11. The minimum absolute atomic E-state index is 0.118. The molecule has 0 bridgehead atoms. The number of hydrazone groups is 1. The Balaban J connectivity index is 1.45. The van der Waals surface area contributed by atoms with Crippen molar-refractivity contribution < 1.29 is 9.53 Å². The van der Waals surface area contributed by atoms with Gasteiger partial charge in [-0.05, 0) is 83.1 Å². The van der Waals surface area contributed by atoms with Crippen LogP contribution in [-0.4, -0.2) is 11.6 Å². The maximum absolute atomic E-state index is 12.8. The van der Waals surface area contributed by atoms with Crippen molar-refractivity contribution in [2.75, 3.05) is 5.01 Å². The summed E-state index contributed by atoms with van der Waals surface area (Å²) in [6.07, 6.45) is 1.87. The molecular weight excluding hydrogens is 475 g/mol. The molecule has 0 spiro atoms. The van der Waals surface area contributed by atoms with Crippen molar-refractivity contribution in [1.82, 2.24) is 0 Å². The summed E-state index contributed by atoms with van der Waals surface area (Å²) in [5.41, 5.74) is 4.12. The molecule has 29 heavy (non-hydrogen) atoms. The molecule has 3 aromatic rings. The number of anilines is 1. The van der Waals surface area contributed by atoms with Gasteiger partial charge in [-0.15, -0.1) is 0 Å². The summed E-state index contributed by atoms with van der Waals surface area (Å²) in [6, 6.07) is 25.4. The highest BCUT2D eigenvalue weighted by Gasteiger charge is 2.28. The van der Waals surface area contributed by atoms with Crippen molar-refractivity contribution in [2.24, 2.45) is 5.10 Å². The quantitative estimate of drug-likeness (QED) is 0.339. The second-order valence-electron chi connectivity index (χ2n) is 6.68. The van der Waals surface area contributed by atoms with Gasteiger partial charge in [0.05, 0.1) is 17.0 Å². The lowest BCUT2D eigenvalue weighted by Crippen LogP contribution is -2.21. The van der Waals surface area contributed by atoms with Crippen LogP contribution in [0.15, 0.2) is 89.5 Å². The number of nitrogens with zero attached hydrogens (tertiary/aromatic N) is 2. The Labute approximate surface area is 183 Å². The molecule has 0 aromatic heterocycles. The van der Waals surface area contributed by atoms with Gasteiger partial charge in [-0.1, -0.05) is 42.5 Å². The molecule has 0 saturated heterocycles. The Kier molecular flexibility index (Phi) is 5.76. The van der Waals surface area contributed by atoms with Gasteiger partial charge in [-0.25, -0.2) is 0 Å². The topological polar surface area (TPSA) is 41.9 Å². The van der Waals surface area contributed by atoms with Crippen molar-refractivity contribution >= 4 is 46.0 Å². The second kappa shape index (κ2) is 8.61. The zero-order valence-corrected chi connectivity index (χ0v) is 18.0. The first kappa shape index (κ1) is 19.4. The zero-order chi connectivity index (χ0) is 20.2. The number of carbonyl (C=O) groups excluding carboxylic acids is 1. The lowest BCUT2D eigenvalue weighted by molar-refractivity contribution is -0.114. The van der Waals surface area contributed by atoms with Crippen LogP contribution in [0.3, 0.4) is 0 Å². The van der Waals surface area contributed by atoms with E-state index < -0.39 is 0 Å². The summed E-state index contributed by atoms with van der Waals surface area (Å²) in [5, 5.41) is 5.86. The molecule has 1 amide bonds. The number of amides is 1. The molecule has 0 saturated carbocycles. The minimum atomic E-state index is -0.118. The Morgan fingerprint density at radius 1 is 0.966 bits per heavy atom. The molecule has 0 N–H and O–H groups in total. The number of hydrogen-bond donors (Lipinski definition) is 0. The monoisotopic (exact) mass is 494 g/mol. The molecule has 3 aromatic carbocycles. The number of halogens is 1. The minimum Gasteiger partial charge on any atom is -0.489 e. The Morgan fingerprint density at radius 2 is 1.66 bits per heavy atom. The molecule has 0 fully saturated rings. The molecule has 5 heteroatoms. The first-order chi connectivity index (χ1) is 14.1. The van der Waals surface area contributed by atoms with Crippen molar-refractivity contribution in [2.45, 2.75) is 13.5 Å². The summed E-state index contributed by atoms with van der Waals surface area (Å²) >= 11 is 2.29. The average molecular weight is 494 g/mol. The van der Waals surface area contributed by atoms with Crippen molar-refractivity contribution in [3.63, 3.8) is 0 Å². The third kappa shape index (κ3) is 4.56. The van der Waals surface area contributed by atoms with Crippen molar-refractivity contribution in [1.29, 1.82) is 0 Å². The molecule has 0 aliphatic carbocycles. The van der Waals surface area contributed by atoms with Gasteiger partial charge in [0.15, 0.2) is 0 Å². The summed E-state index contributed by atoms with van der Waals surface area (Å²) in [6.45, 7) is 2.37. The molecule has 1 aliphatic rings. The average Bonchev–Trinajstić information content (AvgIpc) is 3.03. The van der Waals surface area contributed by atoms with E-state index in [2.05, 4.69) is 52.0 Å². The van der Waals surface area contributed by atoms with Crippen LogP contribution in [0.1, 0.15) is 18.1 Å². The standard InChI is InChI=1S/C24H19IN2O2/c1-17-23(24(28)27(26-17)21-5-3-2-4-6-21)15-18-9-13-22(14-10-18)29-16-19-7-11-20(25)12-8-19/h2-15H,16H2,1H3/b23-15+. The van der Waals surface area contributed by atoms with E-state index in [9.17, 15) is 4.79 Å². The van der Waals surface area contributed by atoms with Crippen LogP contribution in [0, 0.1) is 3.57 Å². The van der Waals surface area contributed by atoms with Crippen LogP contribution >= 0.6 is 22.6 Å². The first-order valence-corrected chi connectivity index (χ1v) is 10.3. The number of carbonyl (C=O) groups is 1. The number of rotatable bonds is 5. The maximum Gasteiger partial charge on any atom is 0.280 e. The van der Waals surface area contributed by atoms with E-state index >= 15 is 0 Å². The van der Waals surface area contributed by atoms with Gasteiger partial charge in [0.2, 0.25) is 0 Å². The predicted molar refractivity (Wildman–Crippen MR) is 125 cm³/mol. The van der Waals surface area contributed by atoms with Gasteiger partial charge in [-0.2, -0.15) is 10.1 Å². The van der Waals surface area contributed by atoms with Crippen LogP contribution in [0.2, 0.25) is 0 Å². The van der Waals surface area contributed by atoms with Crippen LogP contribution < -0.4 is 9.75 Å².